The Morgan fingerprint density at radius 3 is 2.51 bits per heavy atom. The highest BCUT2D eigenvalue weighted by molar-refractivity contribution is 7.92. The van der Waals surface area contributed by atoms with Gasteiger partial charge in [-0.1, -0.05) is 37.2 Å². The maximum Gasteiger partial charge on any atom is 0.342 e. The highest BCUT2D eigenvalue weighted by Crippen LogP contribution is 2.35. The second-order valence-corrected chi connectivity index (χ2v) is 10.8. The predicted molar refractivity (Wildman–Crippen MR) is 151 cm³/mol. The molecular weight excluding hydrogens is 513 g/mol. The van der Waals surface area contributed by atoms with Gasteiger partial charge in [0.05, 0.1) is 43.9 Å². The maximum atomic E-state index is 12.9. The molecule has 1 N–H and O–H groups in total. The van der Waals surface area contributed by atoms with Gasteiger partial charge in [0.2, 0.25) is 10.0 Å². The molecule has 1 unspecified atom stereocenters. The molecular formula is C26H32N3O6PS. The summed E-state index contributed by atoms with van der Waals surface area (Å²) < 4.78 is 32.8. The zero-order chi connectivity index (χ0) is 27.9. The Hall–Kier alpha value is -3.33. The quantitative estimate of drug-likeness (QED) is 0.134. The highest BCUT2D eigenvalue weighted by Gasteiger charge is 2.27. The van der Waals surface area contributed by atoms with Gasteiger partial charge in [-0.25, -0.2) is 17.7 Å². The summed E-state index contributed by atoms with van der Waals surface area (Å²) in [5, 5.41) is 15.2. The smallest absolute Gasteiger partial charge is 0.342 e. The van der Waals surface area contributed by atoms with Crippen molar-refractivity contribution in [1.29, 1.82) is 0 Å². The first-order valence-corrected chi connectivity index (χ1v) is 13.7. The first kappa shape index (κ1) is 29.9. The molecule has 2 rings (SSSR count). The number of fused-ring (bicyclic) bond motifs is 1. The monoisotopic (exact) mass is 545 g/mol. The molecule has 0 amide bonds. The number of carbonyl (C=O) groups excluding carboxylic acids is 2. The van der Waals surface area contributed by atoms with Crippen LogP contribution < -0.4 is 4.31 Å². The average molecular weight is 546 g/mol. The Kier molecular flexibility index (Phi) is 10.3. The van der Waals surface area contributed by atoms with Crippen LogP contribution in [0.15, 0.2) is 61.1 Å². The number of allylic oxidation sites excluding steroid dienone is 7. The summed E-state index contributed by atoms with van der Waals surface area (Å²) in [7, 11) is 0.0534. The molecule has 2 heterocycles. The number of sulfonamides is 1. The molecule has 0 radical (unpaired) electrons. The normalized spacial score (nSPS) is 12.4. The van der Waals surface area contributed by atoms with E-state index >= 15 is 0 Å². The Balaban J connectivity index is 2.98. The topological polar surface area (TPSA) is 118 Å². The average Bonchev–Trinajstić information content (AvgIpc) is 3.25. The number of hydrogen-bond donors (Lipinski definition) is 1. The van der Waals surface area contributed by atoms with Gasteiger partial charge in [-0.2, -0.15) is 5.10 Å². The van der Waals surface area contributed by atoms with Gasteiger partial charge in [-0.15, -0.1) is 9.24 Å². The van der Waals surface area contributed by atoms with Crippen molar-refractivity contribution in [3.63, 3.8) is 0 Å². The molecule has 0 spiro atoms. The molecule has 0 aliphatic carbocycles. The van der Waals surface area contributed by atoms with E-state index in [1.807, 2.05) is 13.0 Å². The number of carbonyl (C=O) groups is 2. The largest absolute Gasteiger partial charge is 0.465 e. The highest BCUT2D eigenvalue weighted by atomic mass is 32.2. The Morgan fingerprint density at radius 1 is 1.32 bits per heavy atom. The number of rotatable bonds is 13. The molecule has 0 saturated heterocycles. The fraction of sp³-hybridized carbons (Fsp3) is 0.269. The third-order valence-electron chi connectivity index (χ3n) is 5.56. The summed E-state index contributed by atoms with van der Waals surface area (Å²) in [4.78, 5) is 24.2. The van der Waals surface area contributed by atoms with Crippen molar-refractivity contribution in [2.24, 2.45) is 0 Å². The van der Waals surface area contributed by atoms with E-state index in [-0.39, 0.29) is 23.4 Å². The third kappa shape index (κ3) is 6.91. The van der Waals surface area contributed by atoms with Crippen LogP contribution >= 0.6 is 9.24 Å². The number of nitrogens with zero attached hydrogens (tertiary/aromatic N) is 3. The number of ether oxygens (including phenoxy) is 1. The minimum absolute atomic E-state index is 0.127. The summed E-state index contributed by atoms with van der Waals surface area (Å²) >= 11 is 0. The van der Waals surface area contributed by atoms with Crippen molar-refractivity contribution < 1.29 is 27.9 Å². The van der Waals surface area contributed by atoms with E-state index in [0.717, 1.165) is 15.9 Å². The summed E-state index contributed by atoms with van der Waals surface area (Å²) in [6, 6.07) is 1.57. The molecule has 0 aliphatic rings. The van der Waals surface area contributed by atoms with Crippen LogP contribution in [-0.4, -0.2) is 61.9 Å². The first-order valence-electron chi connectivity index (χ1n) is 11.2. The minimum Gasteiger partial charge on any atom is -0.465 e. The lowest BCUT2D eigenvalue weighted by atomic mass is 9.99. The van der Waals surface area contributed by atoms with Gasteiger partial charge in [0.1, 0.15) is 17.5 Å². The number of aliphatic hydroxyl groups excluding tert-OH is 1. The molecule has 9 nitrogen and oxygen atoms in total. The molecule has 0 aromatic carbocycles. The van der Waals surface area contributed by atoms with Crippen LogP contribution in [0, 0.1) is 0 Å². The number of aldehydes is 1. The lowest BCUT2D eigenvalue weighted by Gasteiger charge is -2.24. The number of pyridine rings is 1. The van der Waals surface area contributed by atoms with Gasteiger partial charge in [0.15, 0.2) is 0 Å². The van der Waals surface area contributed by atoms with Gasteiger partial charge >= 0.3 is 5.97 Å². The number of hydrogen-bond acceptors (Lipinski definition) is 7. The number of methoxy groups -OCH3 is 1. The predicted octanol–water partition coefficient (Wildman–Crippen LogP) is 3.78. The van der Waals surface area contributed by atoms with E-state index in [4.69, 9.17) is 4.74 Å². The molecule has 198 valence electrons. The zero-order valence-electron chi connectivity index (χ0n) is 21.2. The van der Waals surface area contributed by atoms with E-state index in [1.54, 1.807) is 6.07 Å². The van der Waals surface area contributed by atoms with Crippen molar-refractivity contribution in [3.8, 4) is 0 Å². The van der Waals surface area contributed by atoms with Crippen LogP contribution in [0.4, 0.5) is 5.69 Å². The summed E-state index contributed by atoms with van der Waals surface area (Å²) in [5.41, 5.74) is 2.40. The molecule has 0 bridgehead atoms. The van der Waals surface area contributed by atoms with Crippen LogP contribution in [0.25, 0.3) is 16.7 Å². The van der Waals surface area contributed by atoms with Crippen molar-refractivity contribution in [2.75, 3.05) is 30.8 Å². The number of esters is 1. The van der Waals surface area contributed by atoms with E-state index in [2.05, 4.69) is 34.1 Å². The first-order chi connectivity index (χ1) is 17.4. The molecule has 11 heteroatoms. The molecule has 0 fully saturated rings. The van der Waals surface area contributed by atoms with E-state index in [9.17, 15) is 23.1 Å². The van der Waals surface area contributed by atoms with Gasteiger partial charge in [-0.3, -0.25) is 9.10 Å². The standard InChI is InChI=1S/C26H32N3O6PS/c1-7-19(13-17(3)16-31)21-14-22-24(26(32)35-5)25(18(4)9-10-20(36)8-2)27-28(22)15-23(21)29(11-12-30)37(6,33)34/h7-8,13-16,30H,1,3-4,9-12,36H2,2,5-6H3/b19-13+,20-8+. The Labute approximate surface area is 219 Å². The lowest BCUT2D eigenvalue weighted by molar-refractivity contribution is -0.104. The van der Waals surface area contributed by atoms with Crippen molar-refractivity contribution in [3.05, 3.63) is 77.9 Å². The van der Waals surface area contributed by atoms with Gasteiger partial charge in [0.25, 0.3) is 0 Å². The number of anilines is 1. The maximum absolute atomic E-state index is 12.9. The van der Waals surface area contributed by atoms with Gasteiger partial charge in [-0.05, 0) is 43.1 Å². The fourth-order valence-electron chi connectivity index (χ4n) is 3.66. The Bertz CT molecular complexity index is 1420. The third-order valence-corrected chi connectivity index (χ3v) is 7.36. The number of aliphatic hydroxyl groups is 1. The van der Waals surface area contributed by atoms with Gasteiger partial charge in [0, 0.05) is 11.1 Å². The molecule has 0 saturated carbocycles. The van der Waals surface area contributed by atoms with E-state index < -0.39 is 22.6 Å². The van der Waals surface area contributed by atoms with E-state index in [1.165, 1.54) is 30.0 Å². The summed E-state index contributed by atoms with van der Waals surface area (Å²) in [6.07, 6.45) is 9.05. The van der Waals surface area contributed by atoms with Crippen LogP contribution in [0.3, 0.4) is 0 Å². The second kappa shape index (κ2) is 12.8. The van der Waals surface area contributed by atoms with Crippen LogP contribution in [-0.2, 0) is 19.6 Å². The molecule has 2 aromatic heterocycles. The minimum atomic E-state index is -3.85. The lowest BCUT2D eigenvalue weighted by Crippen LogP contribution is -2.33. The van der Waals surface area contributed by atoms with Crippen LogP contribution in [0.1, 0.15) is 41.4 Å². The van der Waals surface area contributed by atoms with Gasteiger partial charge < -0.3 is 9.84 Å². The second-order valence-electron chi connectivity index (χ2n) is 8.14. The summed E-state index contributed by atoms with van der Waals surface area (Å²) in [6.45, 7) is 12.8. The molecule has 1 atom stereocenters. The molecule has 2 aromatic rings. The van der Waals surface area contributed by atoms with Crippen molar-refractivity contribution in [1.82, 2.24) is 9.61 Å². The van der Waals surface area contributed by atoms with Crippen molar-refractivity contribution >= 4 is 53.9 Å². The fourth-order valence-corrected chi connectivity index (χ4v) is 4.72. The zero-order valence-corrected chi connectivity index (χ0v) is 23.2. The summed E-state index contributed by atoms with van der Waals surface area (Å²) in [5.74, 6) is -0.640. The Morgan fingerprint density at radius 2 is 2.00 bits per heavy atom. The van der Waals surface area contributed by atoms with Crippen LogP contribution in [0.2, 0.25) is 0 Å². The van der Waals surface area contributed by atoms with Crippen LogP contribution in [0.5, 0.6) is 0 Å². The molecule has 37 heavy (non-hydrogen) atoms. The SMILES string of the molecule is C=C/C(=C\C(=C)C=O)c1cc2c(C(=O)OC)c(C(=C)CC/C(P)=C\C)nn2cc1N(CCO)S(C)(=O)=O. The van der Waals surface area contributed by atoms with Crippen molar-refractivity contribution in [2.45, 2.75) is 19.8 Å². The number of aromatic nitrogens is 2. The van der Waals surface area contributed by atoms with E-state index in [0.29, 0.717) is 47.0 Å². The molecule has 0 aliphatic heterocycles.